The number of rotatable bonds is 4. The predicted octanol–water partition coefficient (Wildman–Crippen LogP) is 3.01. The number of pyridine rings is 1. The average Bonchev–Trinajstić information content (AvgIpc) is 2.95. The van der Waals surface area contributed by atoms with Crippen LogP contribution in [-0.4, -0.2) is 23.5 Å². The van der Waals surface area contributed by atoms with Gasteiger partial charge in [0.25, 0.3) is 0 Å². The van der Waals surface area contributed by atoms with Crippen LogP contribution in [0.1, 0.15) is 30.0 Å². The van der Waals surface area contributed by atoms with Crippen molar-refractivity contribution in [2.24, 2.45) is 0 Å². The molecule has 21 heavy (non-hydrogen) atoms. The van der Waals surface area contributed by atoms with Crippen molar-refractivity contribution in [1.29, 1.82) is 0 Å². The fourth-order valence-electron chi connectivity index (χ4n) is 3.10. The Morgan fingerprint density at radius 1 is 1.38 bits per heavy atom. The molecule has 0 amide bonds. The van der Waals surface area contributed by atoms with Gasteiger partial charge in [-0.15, -0.1) is 0 Å². The molecule has 0 radical (unpaired) electrons. The van der Waals surface area contributed by atoms with Crippen molar-refractivity contribution in [3.8, 4) is 5.75 Å². The second kappa shape index (κ2) is 6.14. The van der Waals surface area contributed by atoms with Crippen molar-refractivity contribution in [2.45, 2.75) is 25.4 Å². The second-order valence-corrected chi connectivity index (χ2v) is 5.53. The Kier molecular flexibility index (Phi) is 4.06. The largest absolute Gasteiger partial charge is 0.497 e. The molecule has 2 heterocycles. The molecule has 110 valence electrons. The number of aromatic nitrogens is 1. The van der Waals surface area contributed by atoms with E-state index in [2.05, 4.69) is 22.0 Å². The summed E-state index contributed by atoms with van der Waals surface area (Å²) >= 11 is 0. The van der Waals surface area contributed by atoms with E-state index >= 15 is 0 Å². The van der Waals surface area contributed by atoms with Crippen LogP contribution >= 0.6 is 0 Å². The van der Waals surface area contributed by atoms with Crippen LogP contribution in [0, 0.1) is 0 Å². The summed E-state index contributed by atoms with van der Waals surface area (Å²) in [5.74, 6) is 0.821. The van der Waals surface area contributed by atoms with Crippen molar-refractivity contribution in [3.63, 3.8) is 0 Å². The second-order valence-electron chi connectivity index (χ2n) is 5.53. The Hall–Kier alpha value is -2.07. The van der Waals surface area contributed by atoms with Gasteiger partial charge in [-0.3, -0.25) is 9.88 Å². The van der Waals surface area contributed by atoms with E-state index in [0.717, 1.165) is 24.5 Å². The molecule has 1 aliphatic rings. The van der Waals surface area contributed by atoms with Gasteiger partial charge in [0.05, 0.1) is 7.11 Å². The fraction of sp³-hybridized carbons (Fsp3) is 0.353. The Morgan fingerprint density at radius 2 is 2.29 bits per heavy atom. The minimum Gasteiger partial charge on any atom is -0.497 e. The molecule has 0 bridgehead atoms. The van der Waals surface area contributed by atoms with Crippen molar-refractivity contribution >= 4 is 5.69 Å². The number of methoxy groups -OCH3 is 1. The van der Waals surface area contributed by atoms with E-state index < -0.39 is 0 Å². The van der Waals surface area contributed by atoms with Gasteiger partial charge in [0, 0.05) is 36.7 Å². The lowest BCUT2D eigenvalue weighted by Gasteiger charge is -2.25. The SMILES string of the molecule is COc1cc(N)cc(CN2CCCC2c2cccnc2)c1. The summed E-state index contributed by atoms with van der Waals surface area (Å²) in [7, 11) is 1.67. The predicted molar refractivity (Wildman–Crippen MR) is 84.0 cm³/mol. The van der Waals surface area contributed by atoms with Crippen LogP contribution in [0.4, 0.5) is 5.69 Å². The standard InChI is InChI=1S/C17H21N3O/c1-21-16-9-13(8-15(18)10-16)12-20-7-3-5-17(20)14-4-2-6-19-11-14/h2,4,6,8-11,17H,3,5,7,12,18H2,1H3. The quantitative estimate of drug-likeness (QED) is 0.876. The van der Waals surface area contributed by atoms with Crippen LogP contribution in [0.3, 0.4) is 0 Å². The van der Waals surface area contributed by atoms with Crippen LogP contribution in [0.15, 0.2) is 42.7 Å². The molecule has 1 atom stereocenters. The van der Waals surface area contributed by atoms with Crippen LogP contribution < -0.4 is 10.5 Å². The zero-order valence-electron chi connectivity index (χ0n) is 12.3. The topological polar surface area (TPSA) is 51.4 Å². The van der Waals surface area contributed by atoms with E-state index in [0.29, 0.717) is 6.04 Å². The number of nitrogen functional groups attached to an aromatic ring is 1. The maximum absolute atomic E-state index is 5.95. The molecule has 1 fully saturated rings. The molecule has 1 aromatic carbocycles. The number of nitrogens with zero attached hydrogens (tertiary/aromatic N) is 2. The third-order valence-electron chi connectivity index (χ3n) is 4.04. The lowest BCUT2D eigenvalue weighted by Crippen LogP contribution is -2.22. The van der Waals surface area contributed by atoms with Crippen molar-refractivity contribution in [2.75, 3.05) is 19.4 Å². The summed E-state index contributed by atoms with van der Waals surface area (Å²) in [6.07, 6.45) is 6.21. The van der Waals surface area contributed by atoms with Crippen LogP contribution in [0.25, 0.3) is 0 Å². The van der Waals surface area contributed by atoms with E-state index in [-0.39, 0.29) is 0 Å². The molecule has 2 N–H and O–H groups in total. The zero-order valence-corrected chi connectivity index (χ0v) is 12.3. The summed E-state index contributed by atoms with van der Waals surface area (Å²) in [6.45, 7) is 2.00. The van der Waals surface area contributed by atoms with Crippen molar-refractivity contribution in [3.05, 3.63) is 53.9 Å². The van der Waals surface area contributed by atoms with Gasteiger partial charge in [-0.05, 0) is 48.7 Å². The lowest BCUT2D eigenvalue weighted by molar-refractivity contribution is 0.248. The summed E-state index contributed by atoms with van der Waals surface area (Å²) in [4.78, 5) is 6.74. The first-order valence-electron chi connectivity index (χ1n) is 7.33. The van der Waals surface area contributed by atoms with Crippen molar-refractivity contribution in [1.82, 2.24) is 9.88 Å². The number of hydrogen-bond donors (Lipinski definition) is 1. The molecule has 1 saturated heterocycles. The molecule has 3 rings (SSSR count). The van der Waals surface area contributed by atoms with E-state index in [1.165, 1.54) is 24.0 Å². The Balaban J connectivity index is 1.79. The van der Waals surface area contributed by atoms with Gasteiger partial charge >= 0.3 is 0 Å². The highest BCUT2D eigenvalue weighted by Gasteiger charge is 2.26. The van der Waals surface area contributed by atoms with Gasteiger partial charge < -0.3 is 10.5 Å². The number of anilines is 1. The van der Waals surface area contributed by atoms with Gasteiger partial charge in [0.15, 0.2) is 0 Å². The monoisotopic (exact) mass is 283 g/mol. The minimum absolute atomic E-state index is 0.450. The number of likely N-dealkylation sites (tertiary alicyclic amines) is 1. The highest BCUT2D eigenvalue weighted by molar-refractivity contribution is 5.47. The molecular weight excluding hydrogens is 262 g/mol. The van der Waals surface area contributed by atoms with E-state index in [4.69, 9.17) is 10.5 Å². The zero-order chi connectivity index (χ0) is 14.7. The van der Waals surface area contributed by atoms with Crippen LogP contribution in [0.2, 0.25) is 0 Å². The summed E-state index contributed by atoms with van der Waals surface area (Å²) in [6, 6.07) is 10.6. The third kappa shape index (κ3) is 3.16. The molecule has 1 unspecified atom stereocenters. The summed E-state index contributed by atoms with van der Waals surface area (Å²) in [5, 5.41) is 0. The van der Waals surface area contributed by atoms with E-state index in [9.17, 15) is 0 Å². The molecule has 0 saturated carbocycles. The first kappa shape index (κ1) is 13.9. The van der Waals surface area contributed by atoms with Gasteiger partial charge in [-0.1, -0.05) is 6.07 Å². The van der Waals surface area contributed by atoms with E-state index in [1.54, 1.807) is 7.11 Å². The minimum atomic E-state index is 0.450. The fourth-order valence-corrected chi connectivity index (χ4v) is 3.10. The molecule has 0 spiro atoms. The van der Waals surface area contributed by atoms with Crippen LogP contribution in [0.5, 0.6) is 5.75 Å². The van der Waals surface area contributed by atoms with Crippen LogP contribution in [-0.2, 0) is 6.54 Å². The summed E-state index contributed by atoms with van der Waals surface area (Å²) in [5.41, 5.74) is 9.19. The molecular formula is C17H21N3O. The molecule has 0 aliphatic carbocycles. The first-order chi connectivity index (χ1) is 10.3. The smallest absolute Gasteiger partial charge is 0.121 e. The molecule has 1 aliphatic heterocycles. The van der Waals surface area contributed by atoms with Gasteiger partial charge in [0.2, 0.25) is 0 Å². The maximum Gasteiger partial charge on any atom is 0.121 e. The molecule has 1 aromatic heterocycles. The number of nitrogens with two attached hydrogens (primary N) is 1. The van der Waals surface area contributed by atoms with Gasteiger partial charge in [0.1, 0.15) is 5.75 Å². The maximum atomic E-state index is 5.95. The Morgan fingerprint density at radius 3 is 3.05 bits per heavy atom. The lowest BCUT2D eigenvalue weighted by atomic mass is 10.1. The van der Waals surface area contributed by atoms with Crippen molar-refractivity contribution < 1.29 is 4.74 Å². The molecule has 4 nitrogen and oxygen atoms in total. The van der Waals surface area contributed by atoms with E-state index in [1.807, 2.05) is 30.6 Å². The number of ether oxygens (including phenoxy) is 1. The number of hydrogen-bond acceptors (Lipinski definition) is 4. The van der Waals surface area contributed by atoms with Gasteiger partial charge in [-0.25, -0.2) is 0 Å². The highest BCUT2D eigenvalue weighted by atomic mass is 16.5. The third-order valence-corrected chi connectivity index (χ3v) is 4.04. The van der Waals surface area contributed by atoms with Gasteiger partial charge in [-0.2, -0.15) is 0 Å². The first-order valence-corrected chi connectivity index (χ1v) is 7.33. The number of benzene rings is 1. The Bertz CT molecular complexity index is 600. The Labute approximate surface area is 125 Å². The highest BCUT2D eigenvalue weighted by Crippen LogP contribution is 2.33. The molecule has 4 heteroatoms. The average molecular weight is 283 g/mol. The molecule has 2 aromatic rings. The normalized spacial score (nSPS) is 18.8. The summed E-state index contributed by atoms with van der Waals surface area (Å²) < 4.78 is 5.30.